The van der Waals surface area contributed by atoms with E-state index < -0.39 is 10.7 Å². The molecule has 0 aromatic carbocycles. The summed E-state index contributed by atoms with van der Waals surface area (Å²) in [5, 5.41) is 9.31. The van der Waals surface area contributed by atoms with Crippen molar-refractivity contribution >= 4 is 17.7 Å². The highest BCUT2D eigenvalue weighted by atomic mass is 32.2. The lowest BCUT2D eigenvalue weighted by atomic mass is 9.72. The van der Waals surface area contributed by atoms with Crippen molar-refractivity contribution in [1.82, 2.24) is 0 Å². The molecule has 0 aromatic rings. The summed E-state index contributed by atoms with van der Waals surface area (Å²) in [5.41, 5.74) is 0. The largest absolute Gasteiger partial charge is 0.480 e. The summed E-state index contributed by atoms with van der Waals surface area (Å²) in [5.74, 6) is 0.0238. The fraction of sp³-hybridized carbons (Fsp3) is 0.917. The number of rotatable bonds is 4. The Balaban J connectivity index is 2.58. The van der Waals surface area contributed by atoms with Crippen LogP contribution in [0.2, 0.25) is 0 Å². The van der Waals surface area contributed by atoms with E-state index in [0.29, 0.717) is 5.92 Å². The molecule has 2 nitrogen and oxygen atoms in total. The number of thioether (sulfide) groups is 1. The SMILES string of the molecule is CCCC1CC(SC(C)(C)C)(C(=O)O)C1. The molecule has 0 saturated heterocycles. The van der Waals surface area contributed by atoms with Crippen LogP contribution < -0.4 is 0 Å². The molecule has 0 aliphatic heterocycles. The minimum absolute atomic E-state index is 0.0373. The van der Waals surface area contributed by atoms with Crippen LogP contribution in [-0.4, -0.2) is 20.6 Å². The standard InChI is InChI=1S/C12H22O2S/c1-5-6-9-7-12(8-9,10(13)14)15-11(2,3)4/h9H,5-8H2,1-4H3,(H,13,14). The second-order valence-electron chi connectivity index (χ2n) is 5.58. The van der Waals surface area contributed by atoms with Crippen LogP contribution in [-0.2, 0) is 4.79 Å². The summed E-state index contributed by atoms with van der Waals surface area (Å²) in [6, 6.07) is 0. The summed E-state index contributed by atoms with van der Waals surface area (Å²) in [6.45, 7) is 8.44. The molecule has 0 atom stereocenters. The quantitative estimate of drug-likeness (QED) is 0.802. The van der Waals surface area contributed by atoms with Gasteiger partial charge in [0.05, 0.1) is 0 Å². The smallest absolute Gasteiger partial charge is 0.319 e. The molecule has 1 saturated carbocycles. The van der Waals surface area contributed by atoms with Crippen molar-refractivity contribution in [1.29, 1.82) is 0 Å². The molecule has 0 bridgehead atoms. The second kappa shape index (κ2) is 4.36. The Morgan fingerprint density at radius 3 is 2.33 bits per heavy atom. The number of carboxylic acids is 1. The molecule has 1 rings (SSSR count). The Hall–Kier alpha value is -0.180. The van der Waals surface area contributed by atoms with E-state index in [1.165, 1.54) is 12.8 Å². The number of aliphatic carboxylic acids is 1. The van der Waals surface area contributed by atoms with Gasteiger partial charge in [-0.05, 0) is 18.8 Å². The van der Waals surface area contributed by atoms with Gasteiger partial charge in [0.1, 0.15) is 4.75 Å². The van der Waals surface area contributed by atoms with Crippen LogP contribution in [0.4, 0.5) is 0 Å². The minimum Gasteiger partial charge on any atom is -0.480 e. The molecule has 0 amide bonds. The van der Waals surface area contributed by atoms with Crippen LogP contribution in [0.3, 0.4) is 0 Å². The average Bonchev–Trinajstić information content (AvgIpc) is 1.97. The average molecular weight is 230 g/mol. The van der Waals surface area contributed by atoms with Crippen LogP contribution in [0.15, 0.2) is 0 Å². The number of hydrogen-bond donors (Lipinski definition) is 1. The first-order valence-corrected chi connectivity index (χ1v) is 6.54. The van der Waals surface area contributed by atoms with Gasteiger partial charge in [0, 0.05) is 4.75 Å². The highest BCUT2D eigenvalue weighted by Gasteiger charge is 2.52. The molecular formula is C12H22O2S. The van der Waals surface area contributed by atoms with E-state index in [2.05, 4.69) is 27.7 Å². The van der Waals surface area contributed by atoms with E-state index in [0.717, 1.165) is 12.8 Å². The fourth-order valence-electron chi connectivity index (χ4n) is 2.37. The second-order valence-corrected chi connectivity index (χ2v) is 7.79. The van der Waals surface area contributed by atoms with Gasteiger partial charge >= 0.3 is 5.97 Å². The van der Waals surface area contributed by atoms with Crippen molar-refractivity contribution < 1.29 is 9.90 Å². The first kappa shape index (κ1) is 12.9. The number of carboxylic acid groups (broad SMARTS) is 1. The molecule has 3 heteroatoms. The Kier molecular flexibility index (Phi) is 3.75. The normalized spacial score (nSPS) is 31.1. The first-order valence-electron chi connectivity index (χ1n) is 5.72. The highest BCUT2D eigenvalue weighted by molar-refractivity contribution is 8.02. The van der Waals surface area contributed by atoms with Crippen LogP contribution in [0.25, 0.3) is 0 Å². The summed E-state index contributed by atoms with van der Waals surface area (Å²) in [4.78, 5) is 11.3. The van der Waals surface area contributed by atoms with E-state index in [9.17, 15) is 9.90 Å². The van der Waals surface area contributed by atoms with Gasteiger partial charge in [0.15, 0.2) is 0 Å². The Bertz CT molecular complexity index is 236. The molecule has 0 unspecified atom stereocenters. The lowest BCUT2D eigenvalue weighted by Gasteiger charge is -2.46. The van der Waals surface area contributed by atoms with E-state index in [4.69, 9.17) is 0 Å². The molecule has 1 aliphatic rings. The molecule has 0 heterocycles. The van der Waals surface area contributed by atoms with Crippen molar-refractivity contribution in [2.24, 2.45) is 5.92 Å². The Morgan fingerprint density at radius 2 is 2.00 bits per heavy atom. The summed E-state index contributed by atoms with van der Waals surface area (Å²) >= 11 is 1.63. The van der Waals surface area contributed by atoms with Gasteiger partial charge in [0.25, 0.3) is 0 Å². The van der Waals surface area contributed by atoms with Gasteiger partial charge in [-0.2, -0.15) is 0 Å². The molecule has 0 aromatic heterocycles. The lowest BCUT2D eigenvalue weighted by Crippen LogP contribution is -2.49. The molecule has 1 aliphatic carbocycles. The van der Waals surface area contributed by atoms with Gasteiger partial charge in [0.2, 0.25) is 0 Å². The van der Waals surface area contributed by atoms with Crippen molar-refractivity contribution in [3.8, 4) is 0 Å². The molecule has 1 N–H and O–H groups in total. The van der Waals surface area contributed by atoms with Gasteiger partial charge in [-0.1, -0.05) is 40.5 Å². The minimum atomic E-state index is -0.616. The van der Waals surface area contributed by atoms with Crippen LogP contribution in [0.1, 0.15) is 53.4 Å². The third-order valence-electron chi connectivity index (χ3n) is 2.83. The van der Waals surface area contributed by atoms with Crippen LogP contribution in [0.5, 0.6) is 0 Å². The van der Waals surface area contributed by atoms with Gasteiger partial charge in [-0.25, -0.2) is 0 Å². The molecule has 15 heavy (non-hydrogen) atoms. The zero-order chi connectivity index (χ0) is 11.7. The fourth-order valence-corrected chi connectivity index (χ4v) is 4.27. The summed E-state index contributed by atoms with van der Waals surface area (Å²) in [6.07, 6.45) is 4.07. The predicted octanol–water partition coefficient (Wildman–Crippen LogP) is 3.55. The number of carbonyl (C=O) groups is 1. The van der Waals surface area contributed by atoms with Gasteiger partial charge < -0.3 is 5.11 Å². The van der Waals surface area contributed by atoms with Crippen molar-refractivity contribution in [3.63, 3.8) is 0 Å². The van der Waals surface area contributed by atoms with Crippen molar-refractivity contribution in [2.75, 3.05) is 0 Å². The van der Waals surface area contributed by atoms with Crippen LogP contribution in [0, 0.1) is 5.92 Å². The topological polar surface area (TPSA) is 37.3 Å². The van der Waals surface area contributed by atoms with Gasteiger partial charge in [-0.15, -0.1) is 11.8 Å². The van der Waals surface area contributed by atoms with E-state index in [-0.39, 0.29) is 4.75 Å². The van der Waals surface area contributed by atoms with E-state index >= 15 is 0 Å². The number of hydrogen-bond acceptors (Lipinski definition) is 2. The molecule has 0 radical (unpaired) electrons. The predicted molar refractivity (Wildman–Crippen MR) is 65.3 cm³/mol. The Morgan fingerprint density at radius 1 is 1.47 bits per heavy atom. The van der Waals surface area contributed by atoms with Crippen molar-refractivity contribution in [3.05, 3.63) is 0 Å². The Labute approximate surface area is 96.8 Å². The zero-order valence-corrected chi connectivity index (χ0v) is 11.0. The maximum absolute atomic E-state index is 11.3. The van der Waals surface area contributed by atoms with Gasteiger partial charge in [-0.3, -0.25) is 4.79 Å². The maximum atomic E-state index is 11.3. The maximum Gasteiger partial charge on any atom is 0.319 e. The molecule has 1 fully saturated rings. The molecule has 0 spiro atoms. The monoisotopic (exact) mass is 230 g/mol. The molecular weight excluding hydrogens is 208 g/mol. The van der Waals surface area contributed by atoms with E-state index in [1.807, 2.05) is 0 Å². The highest BCUT2D eigenvalue weighted by Crippen LogP contribution is 2.53. The van der Waals surface area contributed by atoms with E-state index in [1.54, 1.807) is 11.8 Å². The summed E-state index contributed by atoms with van der Waals surface area (Å²) < 4.78 is -0.451. The third kappa shape index (κ3) is 3.13. The van der Waals surface area contributed by atoms with Crippen LogP contribution >= 0.6 is 11.8 Å². The lowest BCUT2D eigenvalue weighted by molar-refractivity contribution is -0.143. The molecule has 88 valence electrons. The zero-order valence-electron chi connectivity index (χ0n) is 10.2. The third-order valence-corrected chi connectivity index (χ3v) is 4.34. The summed E-state index contributed by atoms with van der Waals surface area (Å²) in [7, 11) is 0. The van der Waals surface area contributed by atoms with Crippen molar-refractivity contribution in [2.45, 2.75) is 62.9 Å². The first-order chi connectivity index (χ1) is 6.79.